The number of nitrogens with one attached hydrogen (secondary N) is 1. The Morgan fingerprint density at radius 1 is 1.04 bits per heavy atom. The summed E-state index contributed by atoms with van der Waals surface area (Å²) in [7, 11) is 0. The molecular weight excluding hydrogens is 296 g/mol. The van der Waals surface area contributed by atoms with Gasteiger partial charge in [0.1, 0.15) is 0 Å². The molecule has 0 fully saturated rings. The van der Waals surface area contributed by atoms with Crippen LogP contribution in [-0.2, 0) is 6.54 Å². The first kappa shape index (κ1) is 14.5. The summed E-state index contributed by atoms with van der Waals surface area (Å²) in [4.78, 5) is 8.51. The van der Waals surface area contributed by atoms with Crippen LogP contribution < -0.4 is 5.32 Å². The number of aryl methyl sites for hydroxylation is 1. The van der Waals surface area contributed by atoms with Gasteiger partial charge in [-0.2, -0.15) is 0 Å². The van der Waals surface area contributed by atoms with Gasteiger partial charge in [-0.25, -0.2) is 4.98 Å². The number of fused-ring (bicyclic) bond motifs is 1. The summed E-state index contributed by atoms with van der Waals surface area (Å²) in [5.74, 6) is 0. The molecule has 4 aromatic rings. The average molecular weight is 314 g/mol. The van der Waals surface area contributed by atoms with E-state index in [2.05, 4.69) is 52.5 Å². The predicted molar refractivity (Wildman–Crippen MR) is 97.4 cm³/mol. The number of pyridine rings is 1. The van der Waals surface area contributed by atoms with E-state index in [1.165, 1.54) is 11.1 Å². The van der Waals surface area contributed by atoms with Crippen LogP contribution in [0.2, 0.25) is 0 Å². The predicted octanol–water partition coefficient (Wildman–Crippen LogP) is 4.34. The van der Waals surface area contributed by atoms with Crippen molar-refractivity contribution in [2.24, 2.45) is 0 Å². The molecule has 0 amide bonds. The topological polar surface area (TPSA) is 42.7 Å². The van der Waals surface area contributed by atoms with Crippen molar-refractivity contribution in [3.63, 3.8) is 0 Å². The Kier molecular flexibility index (Phi) is 3.71. The average Bonchev–Trinajstić information content (AvgIpc) is 3.15. The minimum Gasteiger partial charge on any atom is -0.380 e. The van der Waals surface area contributed by atoms with E-state index in [0.29, 0.717) is 0 Å². The third-order valence-electron chi connectivity index (χ3n) is 4.24. The molecular formula is C20H18N4. The molecule has 0 aliphatic carbocycles. The van der Waals surface area contributed by atoms with E-state index < -0.39 is 0 Å². The van der Waals surface area contributed by atoms with Crippen LogP contribution in [0.4, 0.5) is 5.69 Å². The normalized spacial score (nSPS) is 10.9. The first-order chi connectivity index (χ1) is 11.8. The van der Waals surface area contributed by atoms with E-state index in [-0.39, 0.29) is 0 Å². The second-order valence-electron chi connectivity index (χ2n) is 5.81. The van der Waals surface area contributed by atoms with Crippen LogP contribution in [0.5, 0.6) is 0 Å². The minimum absolute atomic E-state index is 0.782. The number of hydrogen-bond donors (Lipinski definition) is 1. The number of anilines is 1. The lowest BCUT2D eigenvalue weighted by molar-refractivity contribution is 1.04. The van der Waals surface area contributed by atoms with E-state index in [4.69, 9.17) is 0 Å². The van der Waals surface area contributed by atoms with Crippen LogP contribution in [0.3, 0.4) is 0 Å². The first-order valence-corrected chi connectivity index (χ1v) is 7.97. The summed E-state index contributed by atoms with van der Waals surface area (Å²) in [6.07, 6.45) is 7.38. The Morgan fingerprint density at radius 3 is 2.83 bits per heavy atom. The van der Waals surface area contributed by atoms with Crippen molar-refractivity contribution in [2.75, 3.05) is 5.32 Å². The lowest BCUT2D eigenvalue weighted by atomic mass is 10.1. The van der Waals surface area contributed by atoms with Gasteiger partial charge in [-0.05, 0) is 54.4 Å². The summed E-state index contributed by atoms with van der Waals surface area (Å²) >= 11 is 0. The zero-order valence-corrected chi connectivity index (χ0v) is 13.5. The Labute approximate surface area is 140 Å². The van der Waals surface area contributed by atoms with Crippen molar-refractivity contribution in [3.05, 3.63) is 84.6 Å². The van der Waals surface area contributed by atoms with Gasteiger partial charge in [0, 0.05) is 41.9 Å². The van der Waals surface area contributed by atoms with Gasteiger partial charge in [-0.1, -0.05) is 12.1 Å². The molecule has 0 atom stereocenters. The smallest absolute Gasteiger partial charge is 0.0991 e. The highest BCUT2D eigenvalue weighted by molar-refractivity contribution is 5.91. The van der Waals surface area contributed by atoms with Crippen LogP contribution in [-0.4, -0.2) is 14.5 Å². The van der Waals surface area contributed by atoms with E-state index >= 15 is 0 Å². The molecule has 4 rings (SSSR count). The summed E-state index contributed by atoms with van der Waals surface area (Å²) in [6.45, 7) is 2.92. The van der Waals surface area contributed by atoms with Crippen molar-refractivity contribution >= 4 is 16.6 Å². The molecule has 0 radical (unpaired) electrons. The largest absolute Gasteiger partial charge is 0.380 e. The lowest BCUT2D eigenvalue weighted by Gasteiger charge is -2.12. The molecule has 0 saturated carbocycles. The van der Waals surface area contributed by atoms with Crippen LogP contribution in [0, 0.1) is 6.92 Å². The number of nitrogens with zero attached hydrogens (tertiary/aromatic N) is 3. The number of rotatable bonds is 4. The fraction of sp³-hybridized carbons (Fsp3) is 0.100. The molecule has 2 aromatic heterocycles. The molecule has 0 aliphatic rings. The van der Waals surface area contributed by atoms with Crippen LogP contribution >= 0.6 is 0 Å². The quantitative estimate of drug-likeness (QED) is 0.609. The van der Waals surface area contributed by atoms with Gasteiger partial charge >= 0.3 is 0 Å². The van der Waals surface area contributed by atoms with Crippen LogP contribution in [0.25, 0.3) is 16.6 Å². The Balaban J connectivity index is 1.57. The molecule has 4 nitrogen and oxygen atoms in total. The van der Waals surface area contributed by atoms with Crippen molar-refractivity contribution < 1.29 is 0 Å². The van der Waals surface area contributed by atoms with Crippen molar-refractivity contribution in [3.8, 4) is 5.69 Å². The highest BCUT2D eigenvalue weighted by Gasteiger charge is 2.04. The van der Waals surface area contributed by atoms with E-state index in [9.17, 15) is 0 Å². The highest BCUT2D eigenvalue weighted by Crippen LogP contribution is 2.23. The summed E-state index contributed by atoms with van der Waals surface area (Å²) < 4.78 is 2.01. The van der Waals surface area contributed by atoms with Crippen molar-refractivity contribution in [1.82, 2.24) is 14.5 Å². The van der Waals surface area contributed by atoms with Crippen molar-refractivity contribution in [1.29, 1.82) is 0 Å². The molecule has 2 aromatic carbocycles. The molecule has 118 valence electrons. The summed E-state index contributed by atoms with van der Waals surface area (Å²) in [5.41, 5.74) is 5.78. The zero-order chi connectivity index (χ0) is 16.4. The Morgan fingerprint density at radius 2 is 2.00 bits per heavy atom. The fourth-order valence-corrected chi connectivity index (χ4v) is 2.90. The monoisotopic (exact) mass is 314 g/mol. The summed E-state index contributed by atoms with van der Waals surface area (Å²) in [5, 5.41) is 4.69. The number of imidazole rings is 1. The van der Waals surface area contributed by atoms with Gasteiger partial charge in [0.15, 0.2) is 0 Å². The summed E-state index contributed by atoms with van der Waals surface area (Å²) in [6, 6.07) is 16.7. The SMILES string of the molecule is Cc1cc(-n2ccnc2)ccc1CNc1cccc2ncccc12. The maximum absolute atomic E-state index is 4.41. The fourth-order valence-electron chi connectivity index (χ4n) is 2.90. The number of benzene rings is 2. The molecule has 0 unspecified atom stereocenters. The number of hydrogen-bond acceptors (Lipinski definition) is 3. The Bertz CT molecular complexity index is 969. The van der Waals surface area contributed by atoms with Crippen LogP contribution in [0.15, 0.2) is 73.4 Å². The second-order valence-corrected chi connectivity index (χ2v) is 5.81. The zero-order valence-electron chi connectivity index (χ0n) is 13.5. The molecule has 0 saturated heterocycles. The maximum atomic E-state index is 4.41. The van der Waals surface area contributed by atoms with Gasteiger partial charge < -0.3 is 9.88 Å². The van der Waals surface area contributed by atoms with Gasteiger partial charge in [-0.15, -0.1) is 0 Å². The maximum Gasteiger partial charge on any atom is 0.0991 e. The van der Waals surface area contributed by atoms with Gasteiger partial charge in [-0.3, -0.25) is 4.98 Å². The highest BCUT2D eigenvalue weighted by atomic mass is 15.0. The van der Waals surface area contributed by atoms with Crippen LogP contribution in [0.1, 0.15) is 11.1 Å². The number of aromatic nitrogens is 3. The third-order valence-corrected chi connectivity index (χ3v) is 4.24. The van der Waals surface area contributed by atoms with E-state index in [0.717, 1.165) is 28.8 Å². The third kappa shape index (κ3) is 2.74. The lowest BCUT2D eigenvalue weighted by Crippen LogP contribution is -2.03. The molecule has 2 heterocycles. The molecule has 4 heteroatoms. The second kappa shape index (κ2) is 6.16. The van der Waals surface area contributed by atoms with E-state index in [1.807, 2.05) is 41.5 Å². The molecule has 24 heavy (non-hydrogen) atoms. The standard InChI is InChI=1S/C20H18N4/c1-15-12-17(24-11-10-21-14-24)8-7-16(15)13-23-20-6-2-5-19-18(20)4-3-9-22-19/h2-12,14,23H,13H2,1H3. The van der Waals surface area contributed by atoms with Gasteiger partial charge in [0.2, 0.25) is 0 Å². The minimum atomic E-state index is 0.782. The van der Waals surface area contributed by atoms with Gasteiger partial charge in [0.25, 0.3) is 0 Å². The molecule has 0 bridgehead atoms. The Hall–Kier alpha value is -3.14. The molecule has 1 N–H and O–H groups in total. The molecule has 0 aliphatic heterocycles. The van der Waals surface area contributed by atoms with Crippen molar-refractivity contribution in [2.45, 2.75) is 13.5 Å². The van der Waals surface area contributed by atoms with E-state index in [1.54, 1.807) is 6.20 Å². The first-order valence-electron chi connectivity index (χ1n) is 7.97. The molecule has 0 spiro atoms. The van der Waals surface area contributed by atoms with Gasteiger partial charge in [0.05, 0.1) is 11.8 Å².